The second-order valence-electron chi connectivity index (χ2n) is 7.35. The van der Waals surface area contributed by atoms with E-state index in [2.05, 4.69) is 53.3 Å². The number of aryl methyl sites for hydroxylation is 1. The Hall–Kier alpha value is -2.78. The Balaban J connectivity index is 1.54. The average Bonchev–Trinajstić information content (AvgIpc) is 3.33. The normalized spacial score (nSPS) is 13.8. The van der Waals surface area contributed by atoms with E-state index in [9.17, 15) is 4.79 Å². The molecule has 1 aliphatic rings. The fraction of sp³-hybridized carbons (Fsp3) is 0.286. The lowest BCUT2D eigenvalue weighted by Crippen LogP contribution is -2.22. The van der Waals surface area contributed by atoms with Crippen LogP contribution in [0.3, 0.4) is 0 Å². The third kappa shape index (κ3) is 3.48. The molecule has 1 fully saturated rings. The Bertz CT molecular complexity index is 1280. The number of thioether (sulfide) groups is 1. The number of hydrogen-bond acceptors (Lipinski definition) is 7. The minimum absolute atomic E-state index is 0.0407. The van der Waals surface area contributed by atoms with Crippen LogP contribution in [0.15, 0.2) is 52.3 Å². The maximum Gasteiger partial charge on any atom is 0.263 e. The Labute approximate surface area is 181 Å². The van der Waals surface area contributed by atoms with E-state index in [-0.39, 0.29) is 5.56 Å². The van der Waals surface area contributed by atoms with Crippen molar-refractivity contribution in [2.75, 3.05) is 0 Å². The monoisotopic (exact) mass is 436 g/mol. The van der Waals surface area contributed by atoms with Crippen molar-refractivity contribution in [2.24, 2.45) is 0 Å². The van der Waals surface area contributed by atoms with Crippen LogP contribution in [0.25, 0.3) is 21.3 Å². The fourth-order valence-electron chi connectivity index (χ4n) is 3.39. The molecule has 30 heavy (non-hydrogen) atoms. The van der Waals surface area contributed by atoms with E-state index in [1.54, 1.807) is 10.6 Å². The molecular weight excluding hydrogens is 416 g/mol. The van der Waals surface area contributed by atoms with Crippen LogP contribution in [-0.4, -0.2) is 29.8 Å². The second-order valence-corrected chi connectivity index (χ2v) is 9.15. The largest absolute Gasteiger partial charge is 0.283 e. The second kappa shape index (κ2) is 7.81. The summed E-state index contributed by atoms with van der Waals surface area (Å²) in [6.45, 7) is 6.28. The van der Waals surface area contributed by atoms with Gasteiger partial charge >= 0.3 is 0 Å². The Kier molecular flexibility index (Phi) is 5.00. The first-order chi connectivity index (χ1) is 14.7. The first-order valence-corrected chi connectivity index (χ1v) is 11.6. The van der Waals surface area contributed by atoms with Crippen LogP contribution >= 0.6 is 23.1 Å². The highest BCUT2D eigenvalue weighted by Gasteiger charge is 2.28. The van der Waals surface area contributed by atoms with Crippen LogP contribution in [0.1, 0.15) is 30.3 Å². The molecule has 1 saturated carbocycles. The van der Waals surface area contributed by atoms with Gasteiger partial charge in [-0.25, -0.2) is 9.67 Å². The summed E-state index contributed by atoms with van der Waals surface area (Å²) in [4.78, 5) is 19.0. The molecule has 3 heterocycles. The van der Waals surface area contributed by atoms with Gasteiger partial charge in [-0.3, -0.25) is 9.36 Å². The number of thiophene rings is 1. The molecule has 0 amide bonds. The molecule has 9 heteroatoms. The highest BCUT2D eigenvalue weighted by atomic mass is 32.2. The molecular formula is C21H20N6OS2. The van der Waals surface area contributed by atoms with Crippen LogP contribution in [0.2, 0.25) is 0 Å². The molecule has 1 aliphatic carbocycles. The van der Waals surface area contributed by atoms with Crippen molar-refractivity contribution in [2.45, 2.75) is 43.3 Å². The van der Waals surface area contributed by atoms with E-state index >= 15 is 0 Å². The molecule has 7 nitrogen and oxygen atoms in total. The van der Waals surface area contributed by atoms with E-state index in [0.717, 1.165) is 34.6 Å². The van der Waals surface area contributed by atoms with E-state index in [0.29, 0.717) is 28.9 Å². The average molecular weight is 437 g/mol. The number of aromatic nitrogens is 6. The molecule has 0 N–H and O–H groups in total. The van der Waals surface area contributed by atoms with Crippen molar-refractivity contribution in [3.8, 4) is 11.1 Å². The van der Waals surface area contributed by atoms with E-state index in [4.69, 9.17) is 4.98 Å². The molecule has 3 aromatic heterocycles. The standard InChI is InChI=1S/C21H20N6OS2/c1-3-10-26-20(28)18-16(14-6-4-13(2)5-7-14)11-29-19(18)22-21(26)30-12-17-23-24-25-27(17)15-8-9-15/h3-7,11,15H,1,8-10,12H2,2H3. The van der Waals surface area contributed by atoms with Crippen molar-refractivity contribution >= 4 is 33.3 Å². The topological polar surface area (TPSA) is 78.5 Å². The van der Waals surface area contributed by atoms with Crippen LogP contribution in [0.4, 0.5) is 0 Å². The smallest absolute Gasteiger partial charge is 0.263 e. The molecule has 0 radical (unpaired) electrons. The third-order valence-corrected chi connectivity index (χ3v) is 6.96. The summed E-state index contributed by atoms with van der Waals surface area (Å²) >= 11 is 2.99. The zero-order valence-electron chi connectivity index (χ0n) is 16.5. The van der Waals surface area contributed by atoms with Gasteiger partial charge in [-0.05, 0) is 35.8 Å². The zero-order chi connectivity index (χ0) is 20.7. The molecule has 5 rings (SSSR count). The van der Waals surface area contributed by atoms with Gasteiger partial charge in [0.25, 0.3) is 5.56 Å². The number of nitrogens with zero attached hydrogens (tertiary/aromatic N) is 6. The van der Waals surface area contributed by atoms with Crippen LogP contribution < -0.4 is 5.56 Å². The third-order valence-electron chi connectivity index (χ3n) is 5.12. The number of tetrazole rings is 1. The van der Waals surface area contributed by atoms with Crippen molar-refractivity contribution in [1.82, 2.24) is 29.8 Å². The van der Waals surface area contributed by atoms with Crippen LogP contribution in [0.5, 0.6) is 0 Å². The van der Waals surface area contributed by atoms with Crippen LogP contribution in [-0.2, 0) is 12.3 Å². The van der Waals surface area contributed by atoms with Crippen molar-refractivity contribution in [1.29, 1.82) is 0 Å². The fourth-order valence-corrected chi connectivity index (χ4v) is 5.30. The highest BCUT2D eigenvalue weighted by molar-refractivity contribution is 7.98. The van der Waals surface area contributed by atoms with Gasteiger partial charge < -0.3 is 0 Å². The number of benzene rings is 1. The molecule has 0 saturated heterocycles. The minimum Gasteiger partial charge on any atom is -0.283 e. The van der Waals surface area contributed by atoms with Gasteiger partial charge in [0.05, 0.1) is 17.2 Å². The Morgan fingerprint density at radius 1 is 1.30 bits per heavy atom. The first kappa shape index (κ1) is 19.2. The lowest BCUT2D eigenvalue weighted by atomic mass is 10.1. The summed E-state index contributed by atoms with van der Waals surface area (Å²) in [6, 6.07) is 8.63. The Morgan fingerprint density at radius 3 is 2.83 bits per heavy atom. The van der Waals surface area contributed by atoms with Crippen LogP contribution in [0, 0.1) is 6.92 Å². The summed E-state index contributed by atoms with van der Waals surface area (Å²) in [6.07, 6.45) is 3.96. The summed E-state index contributed by atoms with van der Waals surface area (Å²) < 4.78 is 3.58. The number of allylic oxidation sites excluding steroid dienone is 1. The van der Waals surface area contributed by atoms with E-state index in [1.165, 1.54) is 28.7 Å². The number of hydrogen-bond donors (Lipinski definition) is 0. The first-order valence-electron chi connectivity index (χ1n) is 9.75. The summed E-state index contributed by atoms with van der Waals surface area (Å²) in [5.41, 5.74) is 3.10. The molecule has 1 aromatic carbocycles. The quantitative estimate of drug-likeness (QED) is 0.245. The zero-order valence-corrected chi connectivity index (χ0v) is 18.1. The van der Waals surface area contributed by atoms with Crippen molar-refractivity contribution in [3.63, 3.8) is 0 Å². The number of fused-ring (bicyclic) bond motifs is 1. The molecule has 4 aromatic rings. The predicted octanol–water partition coefficient (Wildman–Crippen LogP) is 4.23. The predicted molar refractivity (Wildman–Crippen MR) is 120 cm³/mol. The summed E-state index contributed by atoms with van der Waals surface area (Å²) in [5.74, 6) is 1.38. The maximum atomic E-state index is 13.4. The van der Waals surface area contributed by atoms with E-state index < -0.39 is 0 Å². The molecule has 0 unspecified atom stereocenters. The number of rotatable bonds is 7. The summed E-state index contributed by atoms with van der Waals surface area (Å²) in [5, 5.41) is 15.4. The summed E-state index contributed by atoms with van der Waals surface area (Å²) in [7, 11) is 0. The SMILES string of the molecule is C=CCn1c(SCc2nnnn2C2CC2)nc2scc(-c3ccc(C)cc3)c2c1=O. The Morgan fingerprint density at radius 2 is 2.10 bits per heavy atom. The lowest BCUT2D eigenvalue weighted by Gasteiger charge is -2.11. The molecule has 0 spiro atoms. The van der Waals surface area contributed by atoms with Gasteiger partial charge in [-0.1, -0.05) is 47.7 Å². The van der Waals surface area contributed by atoms with Gasteiger partial charge in [0.1, 0.15) is 4.83 Å². The van der Waals surface area contributed by atoms with Crippen molar-refractivity contribution < 1.29 is 0 Å². The van der Waals surface area contributed by atoms with Gasteiger partial charge in [-0.2, -0.15) is 0 Å². The van der Waals surface area contributed by atoms with E-state index in [1.807, 2.05) is 10.1 Å². The molecule has 0 atom stereocenters. The highest BCUT2D eigenvalue weighted by Crippen LogP contribution is 2.36. The van der Waals surface area contributed by atoms with Gasteiger partial charge in [0, 0.05) is 17.5 Å². The maximum absolute atomic E-state index is 13.4. The molecule has 0 aliphatic heterocycles. The van der Waals surface area contributed by atoms with Crippen molar-refractivity contribution in [3.05, 3.63) is 64.0 Å². The van der Waals surface area contributed by atoms with Gasteiger partial charge in [-0.15, -0.1) is 23.0 Å². The lowest BCUT2D eigenvalue weighted by molar-refractivity contribution is 0.593. The minimum atomic E-state index is -0.0407. The molecule has 0 bridgehead atoms. The molecule has 152 valence electrons. The van der Waals surface area contributed by atoms with Gasteiger partial charge in [0.15, 0.2) is 11.0 Å². The van der Waals surface area contributed by atoms with Gasteiger partial charge in [0.2, 0.25) is 0 Å².